The average Bonchev–Trinajstić information content (AvgIpc) is 3.12. The lowest BCUT2D eigenvalue weighted by Gasteiger charge is -2.06. The molecule has 1 aliphatic carbocycles. The highest BCUT2D eigenvalue weighted by atomic mass is 15.0. The normalized spacial score (nSPS) is 15.8. The molecule has 18 heavy (non-hydrogen) atoms. The molecule has 1 N–H and O–H groups in total. The van der Waals surface area contributed by atoms with Gasteiger partial charge in [0.25, 0.3) is 0 Å². The fraction of sp³-hybridized carbons (Fsp3) is 0.500. The lowest BCUT2D eigenvalue weighted by atomic mass is 10.0. The summed E-state index contributed by atoms with van der Waals surface area (Å²) < 4.78 is 2.31. The molecule has 0 aliphatic heterocycles. The van der Waals surface area contributed by atoms with Crippen molar-refractivity contribution in [2.75, 3.05) is 0 Å². The molecule has 1 heterocycles. The SMILES string of the molecule is CC(C)c1ccc2c(c1)cc(CNC1CC1)n2C. The number of fused-ring (bicyclic) bond motifs is 1. The first kappa shape index (κ1) is 11.8. The Morgan fingerprint density at radius 2 is 2.06 bits per heavy atom. The van der Waals surface area contributed by atoms with Gasteiger partial charge in [0.15, 0.2) is 0 Å². The number of nitrogens with one attached hydrogen (secondary N) is 1. The minimum atomic E-state index is 0.600. The molecule has 1 aliphatic rings. The van der Waals surface area contributed by atoms with E-state index in [1.807, 2.05) is 0 Å². The molecular weight excluding hydrogens is 220 g/mol. The first-order valence-electron chi connectivity index (χ1n) is 6.97. The van der Waals surface area contributed by atoms with E-state index in [4.69, 9.17) is 0 Å². The van der Waals surface area contributed by atoms with Crippen LogP contribution in [0.3, 0.4) is 0 Å². The zero-order chi connectivity index (χ0) is 12.7. The zero-order valence-corrected chi connectivity index (χ0v) is 11.5. The second-order valence-corrected chi connectivity index (χ2v) is 5.82. The summed E-state index contributed by atoms with van der Waals surface area (Å²) in [5, 5.41) is 4.96. The molecule has 96 valence electrons. The molecule has 0 spiro atoms. The van der Waals surface area contributed by atoms with Crippen molar-refractivity contribution in [2.45, 2.75) is 45.2 Å². The molecule has 0 bridgehead atoms. The summed E-state index contributed by atoms with van der Waals surface area (Å²) in [7, 11) is 2.17. The Kier molecular flexibility index (Phi) is 2.90. The van der Waals surface area contributed by atoms with Crippen molar-refractivity contribution >= 4 is 10.9 Å². The number of rotatable bonds is 4. The van der Waals surface area contributed by atoms with Crippen LogP contribution in [-0.4, -0.2) is 10.6 Å². The zero-order valence-electron chi connectivity index (χ0n) is 11.5. The van der Waals surface area contributed by atoms with Crippen LogP contribution in [0.4, 0.5) is 0 Å². The van der Waals surface area contributed by atoms with E-state index in [-0.39, 0.29) is 0 Å². The monoisotopic (exact) mass is 242 g/mol. The minimum absolute atomic E-state index is 0.600. The van der Waals surface area contributed by atoms with Gasteiger partial charge in [-0.1, -0.05) is 19.9 Å². The Balaban J connectivity index is 1.92. The third-order valence-corrected chi connectivity index (χ3v) is 3.98. The minimum Gasteiger partial charge on any atom is -0.346 e. The molecule has 0 amide bonds. The summed E-state index contributed by atoms with van der Waals surface area (Å²) in [6.07, 6.45) is 2.70. The summed E-state index contributed by atoms with van der Waals surface area (Å²) >= 11 is 0. The Bertz CT molecular complexity index is 562. The highest BCUT2D eigenvalue weighted by Crippen LogP contribution is 2.25. The molecule has 1 fully saturated rings. The molecule has 0 saturated heterocycles. The molecule has 1 aromatic heterocycles. The van der Waals surface area contributed by atoms with E-state index < -0.39 is 0 Å². The summed E-state index contributed by atoms with van der Waals surface area (Å²) in [4.78, 5) is 0. The molecule has 1 aromatic carbocycles. The number of nitrogens with zero attached hydrogens (tertiary/aromatic N) is 1. The van der Waals surface area contributed by atoms with Crippen LogP contribution in [-0.2, 0) is 13.6 Å². The predicted molar refractivity (Wildman–Crippen MR) is 76.9 cm³/mol. The summed E-state index contributed by atoms with van der Waals surface area (Å²) in [5.74, 6) is 0.600. The molecular formula is C16H22N2. The van der Waals surface area contributed by atoms with E-state index in [0.29, 0.717) is 5.92 Å². The maximum Gasteiger partial charge on any atom is 0.0480 e. The van der Waals surface area contributed by atoms with Crippen LogP contribution in [0.5, 0.6) is 0 Å². The highest BCUT2D eigenvalue weighted by molar-refractivity contribution is 5.82. The fourth-order valence-corrected chi connectivity index (χ4v) is 2.49. The van der Waals surface area contributed by atoms with Gasteiger partial charge in [-0.2, -0.15) is 0 Å². The van der Waals surface area contributed by atoms with E-state index in [2.05, 4.69) is 55.0 Å². The van der Waals surface area contributed by atoms with Gasteiger partial charge in [-0.05, 0) is 42.5 Å². The van der Waals surface area contributed by atoms with Crippen LogP contribution in [0.2, 0.25) is 0 Å². The Morgan fingerprint density at radius 1 is 1.28 bits per heavy atom. The standard InChI is InChI=1S/C16H22N2/c1-11(2)12-4-7-16-13(8-12)9-15(18(16)3)10-17-14-5-6-14/h4,7-9,11,14,17H,5-6,10H2,1-3H3. The van der Waals surface area contributed by atoms with Crippen molar-refractivity contribution in [3.05, 3.63) is 35.5 Å². The average molecular weight is 242 g/mol. The van der Waals surface area contributed by atoms with Gasteiger partial charge in [-0.15, -0.1) is 0 Å². The Morgan fingerprint density at radius 3 is 2.72 bits per heavy atom. The van der Waals surface area contributed by atoms with Gasteiger partial charge in [0, 0.05) is 36.2 Å². The van der Waals surface area contributed by atoms with Crippen molar-refractivity contribution < 1.29 is 0 Å². The second-order valence-electron chi connectivity index (χ2n) is 5.82. The third kappa shape index (κ3) is 2.17. The number of benzene rings is 1. The lowest BCUT2D eigenvalue weighted by molar-refractivity contribution is 0.655. The number of aryl methyl sites for hydroxylation is 1. The van der Waals surface area contributed by atoms with Gasteiger partial charge < -0.3 is 9.88 Å². The van der Waals surface area contributed by atoms with Crippen LogP contribution in [0, 0.1) is 0 Å². The maximum atomic E-state index is 3.59. The Labute approximate surface area is 109 Å². The number of aromatic nitrogens is 1. The molecule has 2 nitrogen and oxygen atoms in total. The maximum absolute atomic E-state index is 3.59. The van der Waals surface area contributed by atoms with E-state index in [1.54, 1.807) is 0 Å². The molecule has 0 atom stereocenters. The number of hydrogen-bond donors (Lipinski definition) is 1. The van der Waals surface area contributed by atoms with Crippen molar-refractivity contribution in [3.8, 4) is 0 Å². The van der Waals surface area contributed by atoms with Gasteiger partial charge in [0.1, 0.15) is 0 Å². The van der Waals surface area contributed by atoms with E-state index in [1.165, 1.54) is 35.0 Å². The molecule has 0 radical (unpaired) electrons. The van der Waals surface area contributed by atoms with Gasteiger partial charge in [-0.25, -0.2) is 0 Å². The van der Waals surface area contributed by atoms with E-state index >= 15 is 0 Å². The van der Waals surface area contributed by atoms with Crippen molar-refractivity contribution in [1.82, 2.24) is 9.88 Å². The Hall–Kier alpha value is -1.28. The summed E-state index contributed by atoms with van der Waals surface area (Å²) in [5.41, 5.74) is 4.15. The quantitative estimate of drug-likeness (QED) is 0.867. The molecule has 0 unspecified atom stereocenters. The molecule has 1 saturated carbocycles. The summed E-state index contributed by atoms with van der Waals surface area (Å²) in [6, 6.07) is 9.95. The third-order valence-electron chi connectivity index (χ3n) is 3.98. The van der Waals surface area contributed by atoms with Crippen LogP contribution >= 0.6 is 0 Å². The second kappa shape index (κ2) is 4.43. The first-order chi connectivity index (χ1) is 8.65. The van der Waals surface area contributed by atoms with Crippen molar-refractivity contribution in [1.29, 1.82) is 0 Å². The molecule has 3 rings (SSSR count). The largest absolute Gasteiger partial charge is 0.346 e. The van der Waals surface area contributed by atoms with Crippen LogP contribution in [0.25, 0.3) is 10.9 Å². The van der Waals surface area contributed by atoms with Crippen molar-refractivity contribution in [3.63, 3.8) is 0 Å². The van der Waals surface area contributed by atoms with E-state index in [9.17, 15) is 0 Å². The first-order valence-corrected chi connectivity index (χ1v) is 6.97. The summed E-state index contributed by atoms with van der Waals surface area (Å²) in [6.45, 7) is 5.49. The van der Waals surface area contributed by atoms with Crippen LogP contribution in [0.1, 0.15) is 43.9 Å². The van der Waals surface area contributed by atoms with Gasteiger partial charge >= 0.3 is 0 Å². The smallest absolute Gasteiger partial charge is 0.0480 e. The van der Waals surface area contributed by atoms with Gasteiger partial charge in [-0.3, -0.25) is 0 Å². The number of hydrogen-bond acceptors (Lipinski definition) is 1. The van der Waals surface area contributed by atoms with Crippen LogP contribution in [0.15, 0.2) is 24.3 Å². The predicted octanol–water partition coefficient (Wildman–Crippen LogP) is 3.55. The van der Waals surface area contributed by atoms with Crippen LogP contribution < -0.4 is 5.32 Å². The van der Waals surface area contributed by atoms with Crippen molar-refractivity contribution in [2.24, 2.45) is 7.05 Å². The van der Waals surface area contributed by atoms with Gasteiger partial charge in [0.2, 0.25) is 0 Å². The van der Waals surface area contributed by atoms with Gasteiger partial charge in [0.05, 0.1) is 0 Å². The lowest BCUT2D eigenvalue weighted by Crippen LogP contribution is -2.17. The topological polar surface area (TPSA) is 17.0 Å². The molecule has 2 aromatic rings. The fourth-order valence-electron chi connectivity index (χ4n) is 2.49. The molecule has 2 heteroatoms. The van der Waals surface area contributed by atoms with E-state index in [0.717, 1.165) is 12.6 Å². The highest BCUT2D eigenvalue weighted by Gasteiger charge is 2.20.